The molecule has 1 aromatic heterocycles. The number of nitrogen functional groups attached to an aromatic ring is 1. The van der Waals surface area contributed by atoms with Crippen LogP contribution in [0.25, 0.3) is 0 Å². The van der Waals surface area contributed by atoms with E-state index in [2.05, 4.69) is 23.1 Å². The van der Waals surface area contributed by atoms with Crippen LogP contribution in [0, 0.1) is 17.8 Å². The summed E-state index contributed by atoms with van der Waals surface area (Å²) in [4.78, 5) is 77.6. The van der Waals surface area contributed by atoms with E-state index in [1.807, 2.05) is 6.92 Å². The Kier molecular flexibility index (Phi) is 25.8. The lowest BCUT2D eigenvalue weighted by atomic mass is 9.83. The molecule has 0 spiro atoms. The molecule has 1 saturated heterocycles. The molecule has 0 aromatic carbocycles. The normalized spacial score (nSPS) is 30.5. The standard InChI is InChI=1S/C44H73N3O18P2/c1-4-5-12-18-31(48)22-23-33-35(49)26-36(50)34-19-14-10-11-16-21-40(52)63-32(27-60-39(51)20-15-9-7-6-8-13-17-30(2)3)28-61-66(56,57)65-67(58,59)62-29-37(42(54)41(33)53)64-43(34)47-25-24-38(45)46-44(47)55/h10,14,22-25,30-34,36-37,41-43,48,50,53-54H,4-9,11-13,15-21,26-29H2,1-3H3,(H,56,57)(H,58,59)(H2,45,46,55)/t31-,32+,33-,34-,36-,37+,41-,42+,43+/m0/s1. The average molecular weight is 994 g/mol. The molecule has 0 radical (unpaired) electrons. The first-order valence-corrected chi connectivity index (χ1v) is 26.3. The van der Waals surface area contributed by atoms with E-state index in [4.69, 9.17) is 29.0 Å². The van der Waals surface area contributed by atoms with E-state index >= 15 is 0 Å². The monoisotopic (exact) mass is 993 g/mol. The first-order chi connectivity index (χ1) is 31.7. The van der Waals surface area contributed by atoms with Gasteiger partial charge in [0.1, 0.15) is 36.6 Å². The number of phosphoric ester groups is 2. The number of aliphatic hydroxyl groups excluding tert-OH is 4. The molecule has 0 saturated carbocycles. The molecule has 21 nitrogen and oxygen atoms in total. The van der Waals surface area contributed by atoms with Gasteiger partial charge in [0.2, 0.25) is 0 Å². The Bertz CT molecular complexity index is 1900. The number of phosphoric acid groups is 2. The molecule has 2 bridgehead atoms. The van der Waals surface area contributed by atoms with Crippen LogP contribution in [-0.2, 0) is 51.1 Å². The molecule has 2 unspecified atom stereocenters. The van der Waals surface area contributed by atoms with Crippen molar-refractivity contribution in [1.29, 1.82) is 0 Å². The lowest BCUT2D eigenvalue weighted by Crippen LogP contribution is -2.51. The minimum absolute atomic E-state index is 0.0745. The number of anilines is 1. The van der Waals surface area contributed by atoms with Crippen molar-refractivity contribution in [3.63, 3.8) is 0 Å². The molecule has 0 aliphatic carbocycles. The third-order valence-electron chi connectivity index (χ3n) is 11.3. The highest BCUT2D eigenvalue weighted by Crippen LogP contribution is 2.60. The number of Topliss-reactive ketones (excluding diaryl/α,β-unsaturated/α-hetero) is 1. The smallest absolute Gasteiger partial charge is 0.462 e. The van der Waals surface area contributed by atoms with Crippen LogP contribution in [0.15, 0.2) is 41.4 Å². The van der Waals surface area contributed by atoms with Gasteiger partial charge >= 0.3 is 33.3 Å². The number of carbonyl (C=O) groups is 3. The summed E-state index contributed by atoms with van der Waals surface area (Å²) < 4.78 is 58.6. The molecule has 2 aliphatic heterocycles. The molecule has 2 aliphatic rings. The number of ketones is 1. The Morgan fingerprint density at radius 1 is 0.955 bits per heavy atom. The van der Waals surface area contributed by atoms with Crippen LogP contribution >= 0.6 is 15.6 Å². The second-order valence-electron chi connectivity index (χ2n) is 17.5. The van der Waals surface area contributed by atoms with Crippen molar-refractivity contribution in [2.75, 3.05) is 25.6 Å². The minimum atomic E-state index is -5.71. The summed E-state index contributed by atoms with van der Waals surface area (Å²) in [5.74, 6) is -4.56. The van der Waals surface area contributed by atoms with E-state index in [0.29, 0.717) is 25.2 Å². The van der Waals surface area contributed by atoms with E-state index in [-0.39, 0.29) is 37.9 Å². The number of ether oxygens (including phenoxy) is 3. The maximum absolute atomic E-state index is 13.9. The Morgan fingerprint density at radius 3 is 2.31 bits per heavy atom. The van der Waals surface area contributed by atoms with Crippen molar-refractivity contribution in [1.82, 2.24) is 9.55 Å². The summed E-state index contributed by atoms with van der Waals surface area (Å²) in [5, 5.41) is 45.5. The second-order valence-corrected chi connectivity index (χ2v) is 20.6. The summed E-state index contributed by atoms with van der Waals surface area (Å²) in [7, 11) is -11.3. The summed E-state index contributed by atoms with van der Waals surface area (Å²) in [6.45, 7) is 3.59. The van der Waals surface area contributed by atoms with Crippen LogP contribution in [0.4, 0.5) is 5.82 Å². The van der Waals surface area contributed by atoms with E-state index in [1.54, 1.807) is 12.2 Å². The number of fused-ring (bicyclic) bond motifs is 3. The van der Waals surface area contributed by atoms with Gasteiger partial charge in [0.15, 0.2) is 6.10 Å². The van der Waals surface area contributed by atoms with Crippen molar-refractivity contribution in [2.24, 2.45) is 17.8 Å². The van der Waals surface area contributed by atoms with Crippen LogP contribution in [-0.4, -0.2) is 114 Å². The minimum Gasteiger partial charge on any atom is -0.462 e. The summed E-state index contributed by atoms with van der Waals surface area (Å²) in [6.07, 6.45) is 3.87. The van der Waals surface area contributed by atoms with Crippen molar-refractivity contribution >= 4 is 39.2 Å². The van der Waals surface area contributed by atoms with Crippen molar-refractivity contribution in [3.8, 4) is 0 Å². The van der Waals surface area contributed by atoms with Crippen molar-refractivity contribution < 1.29 is 81.3 Å². The molecule has 382 valence electrons. The van der Waals surface area contributed by atoms with Gasteiger partial charge in [-0.3, -0.25) is 28.0 Å². The van der Waals surface area contributed by atoms with E-state index in [0.717, 1.165) is 62.1 Å². The van der Waals surface area contributed by atoms with E-state index in [9.17, 15) is 58.5 Å². The van der Waals surface area contributed by atoms with Crippen LogP contribution in [0.2, 0.25) is 0 Å². The highest BCUT2D eigenvalue weighted by Gasteiger charge is 2.45. The van der Waals surface area contributed by atoms with E-state index < -0.39 is 120 Å². The van der Waals surface area contributed by atoms with Gasteiger partial charge in [-0.2, -0.15) is 9.29 Å². The Labute approximate surface area is 392 Å². The fourth-order valence-corrected chi connectivity index (χ4v) is 9.65. The van der Waals surface area contributed by atoms with Gasteiger partial charge in [-0.1, -0.05) is 103 Å². The number of aliphatic hydroxyl groups is 4. The lowest BCUT2D eigenvalue weighted by Gasteiger charge is -2.39. The van der Waals surface area contributed by atoms with Crippen LogP contribution in [0.1, 0.15) is 136 Å². The first kappa shape index (κ1) is 58.1. The van der Waals surface area contributed by atoms with Gasteiger partial charge in [-0.05, 0) is 44.1 Å². The second kappa shape index (κ2) is 29.8. The SMILES string of the molecule is CCCCC[C@H](O)C=C[C@H]1C(=O)C[C@H](O)[C@@H]2CC=CCCCC(=O)O[C@H](COC(=O)CCCCCCCCC(C)C)COP(=O)(O)OP(=O)(O)OC[C@@H](O[C@H]2n2ccc(N)nc2=O)[C@@H](O)[C@H]1O. The number of esters is 2. The molecule has 8 N–H and O–H groups in total. The van der Waals surface area contributed by atoms with Gasteiger partial charge in [-0.25, -0.2) is 13.9 Å². The topological polar surface area (TPSA) is 323 Å². The Morgan fingerprint density at radius 2 is 1.63 bits per heavy atom. The zero-order valence-electron chi connectivity index (χ0n) is 38.8. The number of hydrogen-bond acceptors (Lipinski definition) is 18. The van der Waals surface area contributed by atoms with Gasteiger partial charge < -0.3 is 50.2 Å². The number of allylic oxidation sites excluding steroid dienone is 2. The summed E-state index contributed by atoms with van der Waals surface area (Å²) in [5.41, 5.74) is 4.73. The zero-order chi connectivity index (χ0) is 49.6. The molecule has 3 heterocycles. The molecule has 0 amide bonds. The molecule has 11 atom stereocenters. The Hall–Kier alpha value is -3.17. The highest BCUT2D eigenvalue weighted by molar-refractivity contribution is 7.61. The highest BCUT2D eigenvalue weighted by atomic mass is 31.3. The molecular formula is C44H73N3O18P2. The van der Waals surface area contributed by atoms with E-state index in [1.165, 1.54) is 18.2 Å². The average Bonchev–Trinajstić information content (AvgIpc) is 3.24. The molecule has 67 heavy (non-hydrogen) atoms. The van der Waals surface area contributed by atoms with Crippen LogP contribution < -0.4 is 11.4 Å². The largest absolute Gasteiger partial charge is 0.481 e. The van der Waals surface area contributed by atoms with Gasteiger partial charge in [0, 0.05) is 31.4 Å². The number of aromatic nitrogens is 2. The lowest BCUT2D eigenvalue weighted by molar-refractivity contribution is -0.186. The number of carbonyl (C=O) groups excluding carboxylic acids is 3. The summed E-state index contributed by atoms with van der Waals surface area (Å²) >= 11 is 0. The zero-order valence-corrected chi connectivity index (χ0v) is 40.6. The molecule has 3 rings (SSSR count). The molecule has 1 fully saturated rings. The van der Waals surface area contributed by atoms with Gasteiger partial charge in [-0.15, -0.1) is 0 Å². The first-order valence-electron chi connectivity index (χ1n) is 23.3. The molecule has 1 aromatic rings. The van der Waals surface area contributed by atoms with Crippen LogP contribution in [0.3, 0.4) is 0 Å². The number of hydrogen-bond donors (Lipinski definition) is 7. The predicted octanol–water partition coefficient (Wildman–Crippen LogP) is 5.11. The number of unbranched alkanes of at least 4 members (excludes halogenated alkanes) is 7. The predicted molar refractivity (Wildman–Crippen MR) is 244 cm³/mol. The van der Waals surface area contributed by atoms with Gasteiger partial charge in [0.05, 0.1) is 37.4 Å². The molecular weight excluding hydrogens is 920 g/mol. The van der Waals surface area contributed by atoms with Crippen LogP contribution in [0.5, 0.6) is 0 Å². The van der Waals surface area contributed by atoms with Crippen molar-refractivity contribution in [3.05, 3.63) is 47.1 Å². The maximum atomic E-state index is 13.9. The number of rotatable bonds is 18. The maximum Gasteiger partial charge on any atom is 0.481 e. The fourth-order valence-electron chi connectivity index (χ4n) is 7.54. The number of nitrogens with two attached hydrogens (primary N) is 1. The molecule has 23 heteroatoms. The number of nitrogens with zero attached hydrogens (tertiary/aromatic N) is 2. The quantitative estimate of drug-likeness (QED) is 0.0435. The third kappa shape index (κ3) is 22.0. The summed E-state index contributed by atoms with van der Waals surface area (Å²) in [6, 6.07) is 1.22. The third-order valence-corrected chi connectivity index (χ3v) is 13.9. The Balaban J connectivity index is 1.92. The fraction of sp³-hybridized carbons (Fsp3) is 0.750. The van der Waals surface area contributed by atoms with Crippen molar-refractivity contribution in [2.45, 2.75) is 173 Å². The van der Waals surface area contributed by atoms with Gasteiger partial charge in [0.25, 0.3) is 0 Å². The number of cyclic esters (lactones) is 1.